The Morgan fingerprint density at radius 2 is 0.667 bits per heavy atom. The lowest BCUT2D eigenvalue weighted by atomic mass is 10.6. The summed E-state index contributed by atoms with van der Waals surface area (Å²) in [6, 6.07) is 0. The Morgan fingerprint density at radius 1 is 0.667 bits per heavy atom. The second-order valence-corrected chi connectivity index (χ2v) is 0.707. The maximum atomic E-state index is 2.42. The zero-order valence-corrected chi connectivity index (χ0v) is 13.6. The highest BCUT2D eigenvalue weighted by atomic mass is 31.0. The standard InChI is InChI=1S/C3H8.3C2H6.CH5P.H3P/c1-3-2;4*1-2;/h3H2,1-2H3;3*1-2H3;2H2,1H3;1H3. The first-order chi connectivity index (χ1) is 5.41. The molecule has 0 saturated carbocycles. The Balaban J connectivity index is -0.00000000933. The summed E-state index contributed by atoms with van der Waals surface area (Å²) in [6.07, 6.45) is 1.25. The van der Waals surface area contributed by atoms with Crippen molar-refractivity contribution in [1.29, 1.82) is 0 Å². The smallest absolute Gasteiger partial charge is 0.0500 e. The van der Waals surface area contributed by atoms with Crippen LogP contribution in [0.3, 0.4) is 0 Å². The van der Waals surface area contributed by atoms with Crippen molar-refractivity contribution in [2.45, 2.75) is 61.8 Å². The molecule has 0 aliphatic heterocycles. The fourth-order valence-electron chi connectivity index (χ4n) is 0. The summed E-state index contributed by atoms with van der Waals surface area (Å²) in [4.78, 5) is 0. The van der Waals surface area contributed by atoms with Crippen LogP contribution in [-0.2, 0) is 0 Å². The van der Waals surface area contributed by atoms with Gasteiger partial charge in [-0.25, -0.2) is 0 Å². The van der Waals surface area contributed by atoms with Crippen molar-refractivity contribution in [3.8, 4) is 0 Å². The van der Waals surface area contributed by atoms with Crippen molar-refractivity contribution in [2.24, 2.45) is 0 Å². The van der Waals surface area contributed by atoms with Crippen molar-refractivity contribution >= 4 is 19.1 Å². The molecule has 0 nitrogen and oxygen atoms in total. The molecule has 0 rings (SSSR count). The van der Waals surface area contributed by atoms with E-state index in [0.29, 0.717) is 0 Å². The van der Waals surface area contributed by atoms with E-state index in [1.54, 1.807) is 0 Å². The SMILES string of the molecule is CC.CC.CC.CCC.CP.P. The summed E-state index contributed by atoms with van der Waals surface area (Å²) < 4.78 is 0. The molecule has 0 bridgehead atoms. The minimum absolute atomic E-state index is 0. The third kappa shape index (κ3) is 1430. The molecule has 0 aromatic heterocycles. The van der Waals surface area contributed by atoms with Gasteiger partial charge in [0.1, 0.15) is 0 Å². The quantitative estimate of drug-likeness (QED) is 0.497. The fraction of sp³-hybridized carbons (Fsp3) is 1.00. The number of hydrogen-bond donors (Lipinski definition) is 0. The maximum absolute atomic E-state index is 2.42. The van der Waals surface area contributed by atoms with Crippen LogP contribution in [0.2, 0.25) is 0 Å². The minimum Gasteiger partial charge on any atom is -0.153 e. The molecular formula is C10H34P2. The van der Waals surface area contributed by atoms with Crippen molar-refractivity contribution in [2.75, 3.05) is 6.66 Å². The summed E-state index contributed by atoms with van der Waals surface area (Å²) in [6.45, 7) is 18.2. The van der Waals surface area contributed by atoms with Gasteiger partial charge in [-0.3, -0.25) is 0 Å². The predicted molar refractivity (Wildman–Crippen MR) is 76.7 cm³/mol. The first kappa shape index (κ1) is 38.4. The van der Waals surface area contributed by atoms with Crippen LogP contribution in [0.15, 0.2) is 0 Å². The Hall–Kier alpha value is 0.860. The molecule has 0 aliphatic carbocycles. The monoisotopic (exact) mass is 216 g/mol. The summed E-state index contributed by atoms with van der Waals surface area (Å²) in [5.74, 6) is 0. The Morgan fingerprint density at radius 3 is 0.667 bits per heavy atom. The van der Waals surface area contributed by atoms with Gasteiger partial charge in [0.2, 0.25) is 0 Å². The van der Waals surface area contributed by atoms with Crippen LogP contribution in [0.25, 0.3) is 0 Å². The Kier molecular flexibility index (Phi) is 1300. The topological polar surface area (TPSA) is 0 Å². The fourth-order valence-corrected chi connectivity index (χ4v) is 0. The zero-order chi connectivity index (χ0) is 10.7. The lowest BCUT2D eigenvalue weighted by Gasteiger charge is -1.48. The van der Waals surface area contributed by atoms with Crippen LogP contribution in [-0.4, -0.2) is 6.66 Å². The largest absolute Gasteiger partial charge is 0.153 e. The first-order valence-corrected chi connectivity index (χ1v) is 6.15. The molecule has 0 amide bonds. The van der Waals surface area contributed by atoms with Gasteiger partial charge >= 0.3 is 0 Å². The number of rotatable bonds is 0. The molecule has 0 radical (unpaired) electrons. The van der Waals surface area contributed by atoms with Crippen LogP contribution in [0.4, 0.5) is 0 Å². The van der Waals surface area contributed by atoms with Crippen molar-refractivity contribution in [3.63, 3.8) is 0 Å². The van der Waals surface area contributed by atoms with Crippen LogP contribution >= 0.6 is 19.1 Å². The van der Waals surface area contributed by atoms with Crippen molar-refractivity contribution < 1.29 is 0 Å². The highest BCUT2D eigenvalue weighted by Gasteiger charge is 1.35. The van der Waals surface area contributed by atoms with Crippen molar-refractivity contribution in [3.05, 3.63) is 0 Å². The van der Waals surface area contributed by atoms with Crippen LogP contribution in [0.5, 0.6) is 0 Å². The molecule has 84 valence electrons. The summed E-state index contributed by atoms with van der Waals surface area (Å²) in [5.41, 5.74) is 0. The van der Waals surface area contributed by atoms with Gasteiger partial charge < -0.3 is 0 Å². The Bertz CT molecular complexity index is 7.80. The van der Waals surface area contributed by atoms with E-state index in [4.69, 9.17) is 0 Å². The lowest BCUT2D eigenvalue weighted by molar-refractivity contribution is 1.09. The van der Waals surface area contributed by atoms with E-state index in [0.717, 1.165) is 0 Å². The van der Waals surface area contributed by atoms with E-state index < -0.39 is 0 Å². The van der Waals surface area contributed by atoms with E-state index in [2.05, 4.69) is 23.1 Å². The molecular weight excluding hydrogens is 182 g/mol. The summed E-state index contributed by atoms with van der Waals surface area (Å²) in [7, 11) is 2.42. The second kappa shape index (κ2) is 404. The molecule has 0 aromatic rings. The molecule has 0 N–H and O–H groups in total. The van der Waals surface area contributed by atoms with Gasteiger partial charge in [-0.1, -0.05) is 68.5 Å². The zero-order valence-electron chi connectivity index (χ0n) is 11.0. The molecule has 2 unspecified atom stereocenters. The molecule has 0 fully saturated rings. The van der Waals surface area contributed by atoms with E-state index in [1.807, 2.05) is 48.2 Å². The third-order valence-corrected chi connectivity index (χ3v) is 0. The van der Waals surface area contributed by atoms with Gasteiger partial charge in [-0.2, -0.15) is 9.90 Å². The van der Waals surface area contributed by atoms with Gasteiger partial charge in [0.05, 0.1) is 0 Å². The molecule has 2 heteroatoms. The van der Waals surface area contributed by atoms with Gasteiger partial charge in [0.15, 0.2) is 0 Å². The molecule has 0 spiro atoms. The van der Waals surface area contributed by atoms with Crippen molar-refractivity contribution in [1.82, 2.24) is 0 Å². The van der Waals surface area contributed by atoms with E-state index in [9.17, 15) is 0 Å². The molecule has 0 aromatic carbocycles. The highest BCUT2D eigenvalue weighted by Crippen LogP contribution is 1.56. The van der Waals surface area contributed by atoms with Gasteiger partial charge in [-0.15, -0.1) is 9.24 Å². The average Bonchev–Trinajstić information content (AvgIpc) is 2.18. The second-order valence-electron chi connectivity index (χ2n) is 0.707. The summed E-state index contributed by atoms with van der Waals surface area (Å²) >= 11 is 0. The molecule has 0 heterocycles. The lowest BCUT2D eigenvalue weighted by Crippen LogP contribution is -1.27. The van der Waals surface area contributed by atoms with Crippen LogP contribution in [0, 0.1) is 0 Å². The van der Waals surface area contributed by atoms with Gasteiger partial charge in [-0.05, 0) is 0 Å². The van der Waals surface area contributed by atoms with Crippen LogP contribution in [0.1, 0.15) is 61.8 Å². The predicted octanol–water partition coefficient (Wildman–Crippen LogP) is 5.04. The molecule has 0 saturated heterocycles. The highest BCUT2D eigenvalue weighted by molar-refractivity contribution is 7.15. The normalized spacial score (nSPS) is 3.50. The van der Waals surface area contributed by atoms with Gasteiger partial charge in [0.25, 0.3) is 0 Å². The Labute approximate surface area is 88.1 Å². The molecule has 2 atom stereocenters. The van der Waals surface area contributed by atoms with Gasteiger partial charge in [0, 0.05) is 0 Å². The van der Waals surface area contributed by atoms with Crippen LogP contribution < -0.4 is 0 Å². The average molecular weight is 216 g/mol. The number of hydrogen-bond acceptors (Lipinski definition) is 0. The van der Waals surface area contributed by atoms with E-state index in [1.165, 1.54) is 6.42 Å². The third-order valence-electron chi connectivity index (χ3n) is 0. The first-order valence-electron chi connectivity index (χ1n) is 4.99. The van der Waals surface area contributed by atoms with E-state index >= 15 is 0 Å². The summed E-state index contributed by atoms with van der Waals surface area (Å²) in [5, 5.41) is 0. The molecule has 0 aliphatic rings. The molecule has 12 heavy (non-hydrogen) atoms. The van der Waals surface area contributed by atoms with E-state index in [-0.39, 0.29) is 9.90 Å². The minimum atomic E-state index is 0. The maximum Gasteiger partial charge on any atom is -0.0500 e.